The summed E-state index contributed by atoms with van der Waals surface area (Å²) >= 11 is 0. The van der Waals surface area contributed by atoms with Gasteiger partial charge in [-0.2, -0.15) is 0 Å². The number of benzene rings is 2. The normalized spacial score (nSPS) is 10.8. The Morgan fingerprint density at radius 3 is 2.33 bits per heavy atom. The molecule has 0 saturated heterocycles. The summed E-state index contributed by atoms with van der Waals surface area (Å²) in [5.41, 5.74) is 14.7. The first-order valence-corrected chi connectivity index (χ1v) is 8.52. The van der Waals surface area contributed by atoms with E-state index >= 15 is 0 Å². The Morgan fingerprint density at radius 2 is 1.74 bits per heavy atom. The Balaban J connectivity index is 1.93. The molecule has 3 rings (SSSR count). The number of hydrogen-bond donors (Lipinski definition) is 3. The summed E-state index contributed by atoms with van der Waals surface area (Å²) in [6.07, 6.45) is 1.46. The Hall–Kier alpha value is -3.61. The number of anilines is 1. The third kappa shape index (κ3) is 3.98. The molecule has 1 heterocycles. The van der Waals surface area contributed by atoms with E-state index in [-0.39, 0.29) is 11.4 Å². The SMILES string of the molecule is CC(C)c1cccc(-c2ccc(-n3cc(C(N)=O)c(NC(N)=O)n3)cc2)c1. The molecule has 3 aromatic rings. The van der Waals surface area contributed by atoms with Gasteiger partial charge in [-0.05, 0) is 34.7 Å². The highest BCUT2D eigenvalue weighted by molar-refractivity contribution is 6.01. The molecule has 0 atom stereocenters. The van der Waals surface area contributed by atoms with Crippen molar-refractivity contribution in [3.8, 4) is 16.8 Å². The van der Waals surface area contributed by atoms with Crippen LogP contribution in [0.4, 0.5) is 10.6 Å². The number of amides is 3. The van der Waals surface area contributed by atoms with Gasteiger partial charge in [-0.25, -0.2) is 9.48 Å². The Bertz CT molecular complexity index is 990. The van der Waals surface area contributed by atoms with Crippen molar-refractivity contribution in [3.05, 3.63) is 65.9 Å². The zero-order chi connectivity index (χ0) is 19.6. The fraction of sp³-hybridized carbons (Fsp3) is 0.150. The Morgan fingerprint density at radius 1 is 1.04 bits per heavy atom. The largest absolute Gasteiger partial charge is 0.365 e. The summed E-state index contributed by atoms with van der Waals surface area (Å²) in [6.45, 7) is 4.32. The topological polar surface area (TPSA) is 116 Å². The number of urea groups is 1. The van der Waals surface area contributed by atoms with Crippen LogP contribution in [0.5, 0.6) is 0 Å². The number of nitrogens with zero attached hydrogens (tertiary/aromatic N) is 2. The van der Waals surface area contributed by atoms with Crippen LogP contribution in [0.3, 0.4) is 0 Å². The van der Waals surface area contributed by atoms with Crippen LogP contribution in [0.2, 0.25) is 0 Å². The van der Waals surface area contributed by atoms with Gasteiger partial charge in [0.25, 0.3) is 5.91 Å². The first-order valence-electron chi connectivity index (χ1n) is 8.52. The number of nitrogens with two attached hydrogens (primary N) is 2. The minimum Gasteiger partial charge on any atom is -0.365 e. The minimum atomic E-state index is -0.817. The Labute approximate surface area is 157 Å². The molecule has 0 aliphatic carbocycles. The second-order valence-electron chi connectivity index (χ2n) is 6.52. The molecule has 0 saturated carbocycles. The standard InChI is InChI=1S/C20H21N5O2/c1-12(2)14-4-3-5-15(10-14)13-6-8-16(9-7-13)25-11-17(18(21)26)19(24-25)23-20(22)27/h3-12H,1-2H3,(H2,21,26)(H3,22,23,24,27). The van der Waals surface area contributed by atoms with E-state index in [0.29, 0.717) is 5.92 Å². The average Bonchev–Trinajstić information content (AvgIpc) is 3.05. The van der Waals surface area contributed by atoms with Crippen LogP contribution in [0, 0.1) is 0 Å². The molecule has 27 heavy (non-hydrogen) atoms. The summed E-state index contributed by atoms with van der Waals surface area (Å²) in [5.74, 6) is -0.215. The number of hydrogen-bond acceptors (Lipinski definition) is 3. The Kier molecular flexibility index (Phi) is 4.94. The lowest BCUT2D eigenvalue weighted by Gasteiger charge is -2.09. The molecule has 0 aliphatic rings. The number of carbonyl (C=O) groups excluding carboxylic acids is 2. The van der Waals surface area contributed by atoms with E-state index in [0.717, 1.165) is 16.8 Å². The molecular formula is C20H21N5O2. The predicted octanol–water partition coefficient (Wildman–Crippen LogP) is 3.25. The fourth-order valence-electron chi connectivity index (χ4n) is 2.78. The average molecular weight is 363 g/mol. The van der Waals surface area contributed by atoms with E-state index in [4.69, 9.17) is 11.5 Å². The lowest BCUT2D eigenvalue weighted by atomic mass is 9.97. The highest BCUT2D eigenvalue weighted by Crippen LogP contribution is 2.25. The van der Waals surface area contributed by atoms with Crippen LogP contribution >= 0.6 is 0 Å². The third-order valence-electron chi connectivity index (χ3n) is 4.24. The fourth-order valence-corrected chi connectivity index (χ4v) is 2.78. The number of rotatable bonds is 5. The van der Waals surface area contributed by atoms with Gasteiger partial charge in [-0.15, -0.1) is 5.10 Å². The van der Waals surface area contributed by atoms with E-state index < -0.39 is 11.9 Å². The van der Waals surface area contributed by atoms with Crippen LogP contribution in [0.1, 0.15) is 35.7 Å². The van der Waals surface area contributed by atoms with Gasteiger partial charge in [0.1, 0.15) is 5.56 Å². The van der Waals surface area contributed by atoms with Crippen molar-refractivity contribution in [1.82, 2.24) is 9.78 Å². The first-order chi connectivity index (χ1) is 12.8. The quantitative estimate of drug-likeness (QED) is 0.646. The molecule has 0 radical (unpaired) electrons. The maximum Gasteiger partial charge on any atom is 0.317 e. The minimum absolute atomic E-state index is 0.0312. The van der Waals surface area contributed by atoms with Crippen LogP contribution < -0.4 is 16.8 Å². The lowest BCUT2D eigenvalue weighted by molar-refractivity contribution is 0.100. The summed E-state index contributed by atoms with van der Waals surface area (Å²) in [7, 11) is 0. The van der Waals surface area contributed by atoms with E-state index in [1.165, 1.54) is 16.4 Å². The molecular weight excluding hydrogens is 342 g/mol. The predicted molar refractivity (Wildman–Crippen MR) is 105 cm³/mol. The molecule has 2 aromatic carbocycles. The van der Waals surface area contributed by atoms with Gasteiger partial charge in [0, 0.05) is 6.20 Å². The van der Waals surface area contributed by atoms with E-state index in [2.05, 4.69) is 42.5 Å². The molecule has 0 spiro atoms. The highest BCUT2D eigenvalue weighted by atomic mass is 16.2. The maximum absolute atomic E-state index is 11.6. The van der Waals surface area contributed by atoms with Gasteiger partial charge in [0.05, 0.1) is 5.69 Å². The maximum atomic E-state index is 11.6. The van der Waals surface area contributed by atoms with Crippen molar-refractivity contribution in [1.29, 1.82) is 0 Å². The van der Waals surface area contributed by atoms with Crippen molar-refractivity contribution < 1.29 is 9.59 Å². The molecule has 0 bridgehead atoms. The van der Waals surface area contributed by atoms with Crippen LogP contribution in [0.25, 0.3) is 16.8 Å². The lowest BCUT2D eigenvalue weighted by Crippen LogP contribution is -2.22. The number of carbonyl (C=O) groups is 2. The molecule has 0 fully saturated rings. The summed E-state index contributed by atoms with van der Waals surface area (Å²) in [5, 5.41) is 6.49. The van der Waals surface area contributed by atoms with Gasteiger partial charge < -0.3 is 11.5 Å². The molecule has 5 N–H and O–H groups in total. The number of primary amides is 2. The van der Waals surface area contributed by atoms with Crippen molar-refractivity contribution in [2.75, 3.05) is 5.32 Å². The van der Waals surface area contributed by atoms with Gasteiger partial charge in [-0.1, -0.05) is 50.2 Å². The van der Waals surface area contributed by atoms with Crippen molar-refractivity contribution in [3.63, 3.8) is 0 Å². The van der Waals surface area contributed by atoms with Crippen molar-refractivity contribution >= 4 is 17.8 Å². The molecule has 3 amide bonds. The van der Waals surface area contributed by atoms with E-state index in [9.17, 15) is 9.59 Å². The number of aromatic nitrogens is 2. The number of nitrogens with one attached hydrogen (secondary N) is 1. The van der Waals surface area contributed by atoms with E-state index in [1.807, 2.05) is 30.3 Å². The van der Waals surface area contributed by atoms with Crippen LogP contribution in [-0.4, -0.2) is 21.7 Å². The zero-order valence-corrected chi connectivity index (χ0v) is 15.1. The van der Waals surface area contributed by atoms with Gasteiger partial charge >= 0.3 is 6.03 Å². The molecule has 0 aliphatic heterocycles. The van der Waals surface area contributed by atoms with E-state index in [1.54, 1.807) is 0 Å². The molecule has 7 nitrogen and oxygen atoms in total. The monoisotopic (exact) mass is 363 g/mol. The van der Waals surface area contributed by atoms with Gasteiger partial charge in [0.2, 0.25) is 0 Å². The third-order valence-corrected chi connectivity index (χ3v) is 4.24. The summed E-state index contributed by atoms with van der Waals surface area (Å²) < 4.78 is 1.47. The zero-order valence-electron chi connectivity index (χ0n) is 15.1. The van der Waals surface area contributed by atoms with Gasteiger partial charge in [-0.3, -0.25) is 10.1 Å². The molecule has 1 aromatic heterocycles. The first kappa shape index (κ1) is 18.2. The molecule has 138 valence electrons. The second kappa shape index (κ2) is 7.33. The van der Waals surface area contributed by atoms with Crippen LogP contribution in [0.15, 0.2) is 54.7 Å². The second-order valence-corrected chi connectivity index (χ2v) is 6.52. The smallest absolute Gasteiger partial charge is 0.317 e. The van der Waals surface area contributed by atoms with Crippen LogP contribution in [-0.2, 0) is 0 Å². The highest BCUT2D eigenvalue weighted by Gasteiger charge is 2.16. The van der Waals surface area contributed by atoms with Crippen molar-refractivity contribution in [2.24, 2.45) is 11.5 Å². The molecule has 7 heteroatoms. The summed E-state index contributed by atoms with van der Waals surface area (Å²) in [4.78, 5) is 22.6. The van der Waals surface area contributed by atoms with Crippen molar-refractivity contribution in [2.45, 2.75) is 19.8 Å². The van der Waals surface area contributed by atoms with Gasteiger partial charge in [0.15, 0.2) is 5.82 Å². The summed E-state index contributed by atoms with van der Waals surface area (Å²) in [6, 6.07) is 15.3. The molecule has 0 unspecified atom stereocenters.